The number of rotatable bonds is 2. The fraction of sp³-hybridized carbons (Fsp3) is 0.143. The van der Waals surface area contributed by atoms with Gasteiger partial charge < -0.3 is 15.2 Å². The highest BCUT2D eigenvalue weighted by molar-refractivity contribution is 5.52. The van der Waals surface area contributed by atoms with E-state index in [2.05, 4.69) is 15.1 Å². The van der Waals surface area contributed by atoms with Crippen molar-refractivity contribution in [2.24, 2.45) is 5.73 Å². The first-order chi connectivity index (χ1) is 5.90. The van der Waals surface area contributed by atoms with Crippen molar-refractivity contribution in [1.82, 2.24) is 15.1 Å². The van der Waals surface area contributed by atoms with Crippen LogP contribution in [-0.4, -0.2) is 15.1 Å². The molecule has 0 aliphatic rings. The summed E-state index contributed by atoms with van der Waals surface area (Å²) in [7, 11) is 0. The molecular formula is C7H8N4O. The third kappa shape index (κ3) is 1.10. The predicted octanol–water partition coefficient (Wildman–Crippen LogP) is 0.523. The van der Waals surface area contributed by atoms with E-state index in [4.69, 9.17) is 10.3 Å². The molecule has 0 radical (unpaired) electrons. The molecule has 5 heteroatoms. The van der Waals surface area contributed by atoms with Gasteiger partial charge in [0.25, 0.3) is 0 Å². The van der Waals surface area contributed by atoms with Crippen molar-refractivity contribution < 1.29 is 4.52 Å². The van der Waals surface area contributed by atoms with Crippen molar-refractivity contribution in [3.8, 4) is 11.4 Å². The van der Waals surface area contributed by atoms with E-state index >= 15 is 0 Å². The van der Waals surface area contributed by atoms with Gasteiger partial charge in [0.05, 0.1) is 6.54 Å². The molecule has 62 valence electrons. The van der Waals surface area contributed by atoms with E-state index in [0.29, 0.717) is 11.7 Å². The summed E-state index contributed by atoms with van der Waals surface area (Å²) in [4.78, 5) is 6.95. The molecule has 0 aliphatic carbocycles. The Morgan fingerprint density at radius 3 is 3.08 bits per heavy atom. The average Bonchev–Trinajstić information content (AvgIpc) is 2.75. The number of nitrogens with two attached hydrogens (primary N) is 1. The standard InChI is InChI=1S/C7H8N4O/c8-3-6-10-7(11-12-6)5-1-2-9-4-5/h1-2,4,9H,3,8H2. The Hall–Kier alpha value is -1.62. The summed E-state index contributed by atoms with van der Waals surface area (Å²) < 4.78 is 4.84. The van der Waals surface area contributed by atoms with Crippen LogP contribution in [0.25, 0.3) is 11.4 Å². The zero-order valence-electron chi connectivity index (χ0n) is 6.32. The van der Waals surface area contributed by atoms with Crippen molar-refractivity contribution in [2.45, 2.75) is 6.54 Å². The first-order valence-corrected chi connectivity index (χ1v) is 3.56. The van der Waals surface area contributed by atoms with Gasteiger partial charge in [-0.1, -0.05) is 5.16 Å². The highest BCUT2D eigenvalue weighted by atomic mass is 16.5. The molecule has 0 atom stereocenters. The summed E-state index contributed by atoms with van der Waals surface area (Å²) in [5, 5.41) is 3.74. The number of aromatic amines is 1. The molecule has 12 heavy (non-hydrogen) atoms. The summed E-state index contributed by atoms with van der Waals surface area (Å²) in [5.74, 6) is 1.02. The number of hydrogen-bond donors (Lipinski definition) is 2. The topological polar surface area (TPSA) is 80.7 Å². The number of aromatic nitrogens is 3. The van der Waals surface area contributed by atoms with Gasteiger partial charge in [-0.25, -0.2) is 0 Å². The summed E-state index contributed by atoms with van der Waals surface area (Å²) in [6.45, 7) is 0.275. The first-order valence-electron chi connectivity index (χ1n) is 3.56. The second-order valence-corrected chi connectivity index (χ2v) is 2.32. The van der Waals surface area contributed by atoms with E-state index in [1.807, 2.05) is 6.07 Å². The fourth-order valence-corrected chi connectivity index (χ4v) is 0.918. The molecule has 0 unspecified atom stereocenters. The maximum atomic E-state index is 5.31. The van der Waals surface area contributed by atoms with Gasteiger partial charge in [-0.15, -0.1) is 0 Å². The van der Waals surface area contributed by atoms with Crippen LogP contribution >= 0.6 is 0 Å². The molecule has 2 rings (SSSR count). The van der Waals surface area contributed by atoms with Crippen LogP contribution in [0.15, 0.2) is 23.0 Å². The van der Waals surface area contributed by atoms with Crippen LogP contribution in [0.3, 0.4) is 0 Å². The molecular weight excluding hydrogens is 156 g/mol. The van der Waals surface area contributed by atoms with Crippen LogP contribution < -0.4 is 5.73 Å². The van der Waals surface area contributed by atoms with Gasteiger partial charge in [-0.05, 0) is 6.07 Å². The third-order valence-corrected chi connectivity index (χ3v) is 1.50. The molecule has 0 bridgehead atoms. The second kappa shape index (κ2) is 2.78. The molecule has 5 nitrogen and oxygen atoms in total. The van der Waals surface area contributed by atoms with E-state index in [-0.39, 0.29) is 6.54 Å². The minimum atomic E-state index is 0.275. The lowest BCUT2D eigenvalue weighted by Gasteiger charge is -1.81. The molecule has 2 aromatic heterocycles. The van der Waals surface area contributed by atoms with Gasteiger partial charge in [0, 0.05) is 18.0 Å². The van der Waals surface area contributed by atoms with Crippen LogP contribution in [0, 0.1) is 0 Å². The van der Waals surface area contributed by atoms with Crippen molar-refractivity contribution in [1.29, 1.82) is 0 Å². The maximum Gasteiger partial charge on any atom is 0.240 e. The van der Waals surface area contributed by atoms with Crippen LogP contribution in [0.2, 0.25) is 0 Å². The Morgan fingerprint density at radius 2 is 2.50 bits per heavy atom. The smallest absolute Gasteiger partial charge is 0.240 e. The monoisotopic (exact) mass is 164 g/mol. The van der Waals surface area contributed by atoms with Gasteiger partial charge in [-0.3, -0.25) is 0 Å². The van der Waals surface area contributed by atoms with Crippen LogP contribution in [-0.2, 0) is 6.54 Å². The van der Waals surface area contributed by atoms with Crippen molar-refractivity contribution in [3.63, 3.8) is 0 Å². The van der Waals surface area contributed by atoms with E-state index < -0.39 is 0 Å². The van der Waals surface area contributed by atoms with Gasteiger partial charge in [0.2, 0.25) is 11.7 Å². The number of nitrogens with one attached hydrogen (secondary N) is 1. The Kier molecular flexibility index (Phi) is 1.64. The van der Waals surface area contributed by atoms with Crippen molar-refractivity contribution >= 4 is 0 Å². The zero-order valence-corrected chi connectivity index (χ0v) is 6.32. The average molecular weight is 164 g/mol. The molecule has 0 spiro atoms. The Morgan fingerprint density at radius 1 is 1.58 bits per heavy atom. The van der Waals surface area contributed by atoms with Crippen molar-refractivity contribution in [2.75, 3.05) is 0 Å². The molecule has 0 aromatic carbocycles. The zero-order chi connectivity index (χ0) is 8.39. The summed E-state index contributed by atoms with van der Waals surface area (Å²) >= 11 is 0. The highest BCUT2D eigenvalue weighted by Gasteiger charge is 2.06. The summed E-state index contributed by atoms with van der Waals surface area (Å²) in [6, 6.07) is 1.87. The fourth-order valence-electron chi connectivity index (χ4n) is 0.918. The van der Waals surface area contributed by atoms with E-state index in [1.54, 1.807) is 12.4 Å². The predicted molar refractivity (Wildman–Crippen MR) is 42.0 cm³/mol. The second-order valence-electron chi connectivity index (χ2n) is 2.32. The van der Waals surface area contributed by atoms with Gasteiger partial charge >= 0.3 is 0 Å². The Balaban J connectivity index is 2.35. The van der Waals surface area contributed by atoms with E-state index in [1.165, 1.54) is 0 Å². The molecule has 0 aliphatic heterocycles. The normalized spacial score (nSPS) is 10.4. The molecule has 0 fully saturated rings. The Bertz CT molecular complexity index is 351. The lowest BCUT2D eigenvalue weighted by atomic mass is 10.3. The van der Waals surface area contributed by atoms with E-state index in [0.717, 1.165) is 5.56 Å². The van der Waals surface area contributed by atoms with E-state index in [9.17, 15) is 0 Å². The van der Waals surface area contributed by atoms with Crippen LogP contribution in [0.5, 0.6) is 0 Å². The van der Waals surface area contributed by atoms with Crippen molar-refractivity contribution in [3.05, 3.63) is 24.4 Å². The Labute approximate surface area is 68.6 Å². The summed E-state index contributed by atoms with van der Waals surface area (Å²) in [5.41, 5.74) is 6.21. The molecule has 2 aromatic rings. The summed E-state index contributed by atoms with van der Waals surface area (Å²) in [6.07, 6.45) is 3.60. The SMILES string of the molecule is NCc1nc(-c2cc[nH]c2)no1. The van der Waals surface area contributed by atoms with Crippen LogP contribution in [0.1, 0.15) is 5.89 Å². The molecule has 0 saturated heterocycles. The highest BCUT2D eigenvalue weighted by Crippen LogP contribution is 2.13. The quantitative estimate of drug-likeness (QED) is 0.678. The maximum absolute atomic E-state index is 5.31. The first kappa shape index (κ1) is 7.05. The van der Waals surface area contributed by atoms with Gasteiger partial charge in [0.1, 0.15) is 0 Å². The molecule has 2 heterocycles. The minimum absolute atomic E-state index is 0.275. The van der Waals surface area contributed by atoms with Gasteiger partial charge in [-0.2, -0.15) is 4.98 Å². The number of hydrogen-bond acceptors (Lipinski definition) is 4. The molecule has 3 N–H and O–H groups in total. The lowest BCUT2D eigenvalue weighted by molar-refractivity contribution is 0.380. The third-order valence-electron chi connectivity index (χ3n) is 1.50. The molecule has 0 amide bonds. The molecule has 0 saturated carbocycles. The largest absolute Gasteiger partial charge is 0.367 e. The van der Waals surface area contributed by atoms with Gasteiger partial charge in [0.15, 0.2) is 0 Å². The lowest BCUT2D eigenvalue weighted by Crippen LogP contribution is -1.95. The van der Waals surface area contributed by atoms with Crippen LogP contribution in [0.4, 0.5) is 0 Å². The minimum Gasteiger partial charge on any atom is -0.367 e. The number of nitrogens with zero attached hydrogens (tertiary/aromatic N) is 2. The number of H-pyrrole nitrogens is 1.